The Morgan fingerprint density at radius 1 is 0.896 bits per heavy atom. The van der Waals surface area contributed by atoms with E-state index in [1.54, 1.807) is 6.07 Å². The summed E-state index contributed by atoms with van der Waals surface area (Å²) < 4.78 is 78.0. The minimum absolute atomic E-state index is 0.0102. The minimum Gasteiger partial charge on any atom is -0.406 e. The number of aryl methyl sites for hydroxylation is 2. The Hall–Kier alpha value is -4.66. The molecule has 1 saturated heterocycles. The lowest BCUT2D eigenvalue weighted by Gasteiger charge is -2.47. The van der Waals surface area contributed by atoms with Crippen molar-refractivity contribution in [2.24, 2.45) is 4.36 Å². The Bertz CT molecular complexity index is 1870. The van der Waals surface area contributed by atoms with Gasteiger partial charge in [-0.25, -0.2) is 22.5 Å². The highest BCUT2D eigenvalue weighted by Crippen LogP contribution is 2.40. The second kappa shape index (κ2) is 13.5. The summed E-state index contributed by atoms with van der Waals surface area (Å²) >= 11 is 0. The van der Waals surface area contributed by atoms with Gasteiger partial charge in [0, 0.05) is 31.5 Å². The average molecular weight is 684 g/mol. The number of alkyl halides is 3. The zero-order valence-corrected chi connectivity index (χ0v) is 26.5. The smallest absolute Gasteiger partial charge is 0.406 e. The van der Waals surface area contributed by atoms with Gasteiger partial charge < -0.3 is 25.0 Å². The number of fused-ring (bicyclic) bond motifs is 2. The molecule has 3 N–H and O–H groups in total. The van der Waals surface area contributed by atoms with Crippen LogP contribution in [0.4, 0.5) is 39.4 Å². The van der Waals surface area contributed by atoms with Gasteiger partial charge in [-0.3, -0.25) is 0 Å². The summed E-state index contributed by atoms with van der Waals surface area (Å²) in [7, 11) is -2.27. The maximum absolute atomic E-state index is 14.6. The quantitative estimate of drug-likeness (QED) is 0.208. The number of piperidine rings is 1. The number of amides is 2. The van der Waals surface area contributed by atoms with Gasteiger partial charge in [0.15, 0.2) is 0 Å². The molecule has 9 nitrogen and oxygen atoms in total. The fourth-order valence-electron chi connectivity index (χ4n) is 6.21. The van der Waals surface area contributed by atoms with E-state index in [0.717, 1.165) is 47.5 Å². The summed E-state index contributed by atoms with van der Waals surface area (Å²) in [6, 6.07) is 23.2. The largest absolute Gasteiger partial charge is 0.573 e. The number of aliphatic hydroxyl groups is 1. The van der Waals surface area contributed by atoms with E-state index in [9.17, 15) is 31.7 Å². The molecule has 0 saturated carbocycles. The van der Waals surface area contributed by atoms with E-state index in [4.69, 9.17) is 0 Å². The van der Waals surface area contributed by atoms with Gasteiger partial charge in [0.1, 0.15) is 21.5 Å². The number of anilines is 3. The van der Waals surface area contributed by atoms with Crippen LogP contribution in [0, 0.1) is 5.82 Å². The van der Waals surface area contributed by atoms with Gasteiger partial charge >= 0.3 is 12.4 Å². The van der Waals surface area contributed by atoms with Crippen LogP contribution in [0.3, 0.4) is 0 Å². The molecule has 6 rings (SSSR count). The van der Waals surface area contributed by atoms with Crippen molar-refractivity contribution in [3.05, 3.63) is 114 Å². The number of hydrogen-bond donors (Lipinski definition) is 3. The van der Waals surface area contributed by atoms with Crippen molar-refractivity contribution in [1.82, 2.24) is 9.62 Å². The highest BCUT2D eigenvalue weighted by molar-refractivity contribution is 7.91. The number of urea groups is 1. The number of para-hydroxylation sites is 3. The van der Waals surface area contributed by atoms with Crippen LogP contribution >= 0.6 is 0 Å². The van der Waals surface area contributed by atoms with E-state index in [2.05, 4.69) is 19.1 Å². The normalized spacial score (nSPS) is 20.5. The lowest BCUT2D eigenvalue weighted by molar-refractivity contribution is -0.274. The van der Waals surface area contributed by atoms with Gasteiger partial charge in [-0.05, 0) is 72.5 Å². The first-order valence-electron chi connectivity index (χ1n) is 15.2. The molecule has 4 aromatic carbocycles. The molecule has 0 bridgehead atoms. The summed E-state index contributed by atoms with van der Waals surface area (Å²) in [5, 5.41) is 14.7. The van der Waals surface area contributed by atoms with Gasteiger partial charge in [0.2, 0.25) is 0 Å². The molecule has 2 heterocycles. The van der Waals surface area contributed by atoms with Crippen molar-refractivity contribution in [2.75, 3.05) is 30.4 Å². The Balaban J connectivity index is 1.39. The lowest BCUT2D eigenvalue weighted by Crippen LogP contribution is -2.66. The fourth-order valence-corrected chi connectivity index (χ4v) is 7.80. The van der Waals surface area contributed by atoms with E-state index in [-0.39, 0.29) is 23.7 Å². The van der Waals surface area contributed by atoms with Crippen molar-refractivity contribution in [1.29, 1.82) is 0 Å². The van der Waals surface area contributed by atoms with E-state index >= 15 is 0 Å². The zero-order chi connectivity index (χ0) is 34.1. The molecule has 2 amide bonds. The van der Waals surface area contributed by atoms with Crippen LogP contribution in [0.15, 0.2) is 106 Å². The Kier molecular flexibility index (Phi) is 9.32. The van der Waals surface area contributed by atoms with Crippen LogP contribution in [0.25, 0.3) is 0 Å². The molecule has 4 aromatic rings. The van der Waals surface area contributed by atoms with Crippen molar-refractivity contribution < 1.29 is 36.4 Å². The molecule has 48 heavy (non-hydrogen) atoms. The number of carbonyl (C=O) groups excluding carboxylic acids is 1. The van der Waals surface area contributed by atoms with Crippen LogP contribution in [-0.4, -0.2) is 64.9 Å². The average Bonchev–Trinajstić information content (AvgIpc) is 3.23. The maximum Gasteiger partial charge on any atom is 0.573 e. The van der Waals surface area contributed by atoms with Crippen LogP contribution in [0.2, 0.25) is 0 Å². The second-order valence-electron chi connectivity index (χ2n) is 11.5. The summed E-state index contributed by atoms with van der Waals surface area (Å²) in [5.41, 5.74) is 3.71. The third kappa shape index (κ3) is 6.96. The molecule has 14 heteroatoms. The first-order chi connectivity index (χ1) is 23.0. The van der Waals surface area contributed by atoms with Crippen molar-refractivity contribution in [2.45, 2.75) is 42.3 Å². The van der Waals surface area contributed by atoms with Crippen LogP contribution in [0.5, 0.6) is 5.75 Å². The molecule has 252 valence electrons. The van der Waals surface area contributed by atoms with Crippen molar-refractivity contribution in [3.8, 4) is 5.75 Å². The molecular weight excluding hydrogens is 650 g/mol. The third-order valence-electron chi connectivity index (χ3n) is 8.48. The van der Waals surface area contributed by atoms with Gasteiger partial charge in [0.25, 0.3) is 0 Å². The van der Waals surface area contributed by atoms with E-state index in [1.165, 1.54) is 42.3 Å². The highest BCUT2D eigenvalue weighted by atomic mass is 32.2. The zero-order valence-electron chi connectivity index (χ0n) is 25.7. The number of nitrogens with zero attached hydrogens (tertiary/aromatic N) is 3. The molecule has 4 atom stereocenters. The number of rotatable bonds is 6. The predicted molar refractivity (Wildman–Crippen MR) is 174 cm³/mol. The summed E-state index contributed by atoms with van der Waals surface area (Å²) in [5.74, 6) is -1.13. The highest BCUT2D eigenvalue weighted by Gasteiger charge is 2.44. The summed E-state index contributed by atoms with van der Waals surface area (Å²) in [4.78, 5) is 17.2. The third-order valence-corrected chi connectivity index (χ3v) is 10.5. The first-order valence-corrected chi connectivity index (χ1v) is 16.7. The lowest BCUT2D eigenvalue weighted by atomic mass is 9.94. The minimum atomic E-state index is -4.91. The number of carbonyl (C=O) groups is 1. The second-order valence-corrected chi connectivity index (χ2v) is 13.6. The van der Waals surface area contributed by atoms with Gasteiger partial charge in [-0.15, -0.1) is 13.2 Å². The Morgan fingerprint density at radius 3 is 2.06 bits per heavy atom. The summed E-state index contributed by atoms with van der Waals surface area (Å²) in [6.45, 7) is -0.146. The molecular formula is C34H33F4N5O4S. The Morgan fingerprint density at radius 2 is 1.48 bits per heavy atom. The SMILES string of the molecule is CN=S(=O)(NC1CN(C(=O)Nc2ccccc2F)CC(N2c3ccccc3CCc3ccccc32)C1O)c1ccc(OC(F)(F)F)cc1. The molecule has 4 unspecified atom stereocenters. The first kappa shape index (κ1) is 33.2. The number of hydrogen-bond acceptors (Lipinski definition) is 6. The van der Waals surface area contributed by atoms with Crippen molar-refractivity contribution in [3.63, 3.8) is 0 Å². The number of ether oxygens (including phenoxy) is 1. The number of benzene rings is 4. The van der Waals surface area contributed by atoms with Crippen LogP contribution in [0.1, 0.15) is 11.1 Å². The molecule has 0 radical (unpaired) electrons. The topological polar surface area (TPSA) is 106 Å². The number of aliphatic hydroxyl groups excluding tert-OH is 1. The summed E-state index contributed by atoms with van der Waals surface area (Å²) in [6.07, 6.45) is -4.67. The van der Waals surface area contributed by atoms with Crippen molar-refractivity contribution >= 4 is 33.0 Å². The monoisotopic (exact) mass is 683 g/mol. The van der Waals surface area contributed by atoms with E-state index in [0.29, 0.717) is 0 Å². The molecule has 0 spiro atoms. The van der Waals surface area contributed by atoms with E-state index < -0.39 is 52.1 Å². The van der Waals surface area contributed by atoms with Crippen LogP contribution < -0.4 is 19.7 Å². The Labute approximate surface area is 275 Å². The van der Waals surface area contributed by atoms with Gasteiger partial charge in [-0.2, -0.15) is 0 Å². The number of halogens is 4. The molecule has 1 fully saturated rings. The molecule has 2 aliphatic rings. The molecule has 0 aromatic heterocycles. The fraction of sp³-hybridized carbons (Fsp3) is 0.265. The van der Waals surface area contributed by atoms with E-state index in [1.807, 2.05) is 53.4 Å². The van der Waals surface area contributed by atoms with Gasteiger partial charge in [0.05, 0.1) is 28.8 Å². The molecule has 0 aliphatic carbocycles. The van der Waals surface area contributed by atoms with Gasteiger partial charge in [-0.1, -0.05) is 48.5 Å². The maximum atomic E-state index is 14.6. The van der Waals surface area contributed by atoms with Crippen LogP contribution in [-0.2, 0) is 22.8 Å². The standard InChI is InChI=1S/C34H33F4N5O4S/c1-39-48(46,25-18-16-24(17-19-25)47-34(36,37)38)41-28-20-42(33(45)40-27-11-5-4-10-26(27)35)21-31(32(28)44)43-29-12-6-2-8-22(29)14-15-23-9-3-7-13-30(23)43/h2-13,16-19,28,31-32,44H,14-15,20-21H2,1H3,(H,40,45)(H,39,41,46). The number of likely N-dealkylation sites (tertiary alicyclic amines) is 1. The predicted octanol–water partition coefficient (Wildman–Crippen LogP) is 6.27. The number of nitrogens with one attached hydrogen (secondary N) is 2. The molecule has 2 aliphatic heterocycles.